The molecule has 2 aromatic rings. The van der Waals surface area contributed by atoms with Gasteiger partial charge in [0.1, 0.15) is 5.75 Å². The van der Waals surface area contributed by atoms with Crippen LogP contribution >= 0.6 is 0 Å². The van der Waals surface area contributed by atoms with Crippen molar-refractivity contribution in [2.75, 3.05) is 30.4 Å². The number of urea groups is 1. The Balaban J connectivity index is 1.54. The second-order valence-electron chi connectivity index (χ2n) is 5.94. The lowest BCUT2D eigenvalue weighted by Crippen LogP contribution is -2.32. The molecule has 1 aromatic heterocycles. The van der Waals surface area contributed by atoms with Gasteiger partial charge in [-0.05, 0) is 37.5 Å². The lowest BCUT2D eigenvalue weighted by molar-refractivity contribution is 0.251. The highest BCUT2D eigenvalue weighted by Crippen LogP contribution is 2.17. The number of piperidine rings is 1. The van der Waals surface area contributed by atoms with Gasteiger partial charge in [-0.15, -0.1) is 0 Å². The van der Waals surface area contributed by atoms with E-state index >= 15 is 0 Å². The van der Waals surface area contributed by atoms with Crippen LogP contribution in [0.1, 0.15) is 25.0 Å². The fourth-order valence-electron chi connectivity index (χ4n) is 2.78. The van der Waals surface area contributed by atoms with E-state index in [4.69, 9.17) is 4.74 Å². The third-order valence-corrected chi connectivity index (χ3v) is 4.10. The summed E-state index contributed by atoms with van der Waals surface area (Å²) in [5, 5.41) is 5.60. The van der Waals surface area contributed by atoms with Crippen LogP contribution in [0.2, 0.25) is 0 Å². The van der Waals surface area contributed by atoms with Gasteiger partial charge in [0.2, 0.25) is 5.95 Å². The van der Waals surface area contributed by atoms with E-state index in [1.54, 1.807) is 25.4 Å². The number of hydrogen-bond donors (Lipinski definition) is 2. The fraction of sp³-hybridized carbons (Fsp3) is 0.389. The van der Waals surface area contributed by atoms with Crippen LogP contribution in [0.25, 0.3) is 0 Å². The van der Waals surface area contributed by atoms with Gasteiger partial charge in [-0.25, -0.2) is 14.8 Å². The highest BCUT2D eigenvalue weighted by molar-refractivity contribution is 5.89. The Kier molecular flexibility index (Phi) is 5.66. The van der Waals surface area contributed by atoms with Crippen LogP contribution in [0.5, 0.6) is 5.75 Å². The quantitative estimate of drug-likeness (QED) is 0.874. The summed E-state index contributed by atoms with van der Waals surface area (Å²) in [5.74, 6) is 1.44. The van der Waals surface area contributed by atoms with Crippen molar-refractivity contribution < 1.29 is 9.53 Å². The predicted molar refractivity (Wildman–Crippen MR) is 96.9 cm³/mol. The smallest absolute Gasteiger partial charge is 0.319 e. The molecule has 0 aliphatic carbocycles. The van der Waals surface area contributed by atoms with Gasteiger partial charge >= 0.3 is 6.03 Å². The lowest BCUT2D eigenvalue weighted by Gasteiger charge is -2.26. The van der Waals surface area contributed by atoms with E-state index in [1.807, 2.05) is 18.2 Å². The molecule has 2 heterocycles. The first kappa shape index (κ1) is 17.0. The second-order valence-corrected chi connectivity index (χ2v) is 5.94. The predicted octanol–water partition coefficient (Wildman–Crippen LogP) is 2.80. The van der Waals surface area contributed by atoms with Gasteiger partial charge < -0.3 is 20.3 Å². The van der Waals surface area contributed by atoms with Crippen LogP contribution in [0, 0.1) is 0 Å². The molecule has 3 rings (SSSR count). The van der Waals surface area contributed by atoms with Gasteiger partial charge in [-0.2, -0.15) is 0 Å². The number of amides is 2. The number of methoxy groups -OCH3 is 1. The molecule has 0 unspecified atom stereocenters. The van der Waals surface area contributed by atoms with Gasteiger partial charge in [-0.3, -0.25) is 0 Å². The molecule has 2 N–H and O–H groups in total. The zero-order valence-corrected chi connectivity index (χ0v) is 14.4. The van der Waals surface area contributed by atoms with E-state index in [2.05, 4.69) is 25.5 Å². The number of nitrogens with zero attached hydrogens (tertiary/aromatic N) is 3. The summed E-state index contributed by atoms with van der Waals surface area (Å²) in [4.78, 5) is 23.2. The standard InChI is InChI=1S/C18H23N5O2/c1-25-16-7-5-6-14(12-16)22-18(24)20-13-15-8-9-19-17(21-15)23-10-3-2-4-11-23/h5-9,12H,2-4,10-11,13H2,1H3,(H2,20,22,24). The summed E-state index contributed by atoms with van der Waals surface area (Å²) in [6.45, 7) is 2.33. The number of rotatable bonds is 5. The first-order valence-electron chi connectivity index (χ1n) is 8.50. The first-order valence-corrected chi connectivity index (χ1v) is 8.50. The van der Waals surface area contributed by atoms with Crippen molar-refractivity contribution in [3.8, 4) is 5.75 Å². The Morgan fingerprint density at radius 1 is 1.24 bits per heavy atom. The summed E-state index contributed by atoms with van der Waals surface area (Å²) < 4.78 is 5.14. The highest BCUT2D eigenvalue weighted by Gasteiger charge is 2.13. The van der Waals surface area contributed by atoms with Crippen LogP contribution < -0.4 is 20.3 Å². The zero-order valence-electron chi connectivity index (χ0n) is 14.4. The minimum atomic E-state index is -0.286. The molecule has 1 fully saturated rings. The Morgan fingerprint density at radius 2 is 2.08 bits per heavy atom. The molecule has 1 aliphatic rings. The summed E-state index contributed by atoms with van der Waals surface area (Å²) >= 11 is 0. The van der Waals surface area contributed by atoms with Crippen LogP contribution in [-0.2, 0) is 6.54 Å². The SMILES string of the molecule is COc1cccc(NC(=O)NCc2ccnc(N3CCCCC3)n2)c1. The number of carbonyl (C=O) groups excluding carboxylic acids is 1. The Labute approximate surface area is 147 Å². The molecule has 0 bridgehead atoms. The number of benzene rings is 1. The topological polar surface area (TPSA) is 79.4 Å². The third kappa shape index (κ3) is 4.82. The normalized spacial score (nSPS) is 14.0. The van der Waals surface area contributed by atoms with E-state index in [0.717, 1.165) is 24.7 Å². The van der Waals surface area contributed by atoms with Crippen molar-refractivity contribution in [3.05, 3.63) is 42.2 Å². The Morgan fingerprint density at radius 3 is 2.88 bits per heavy atom. The van der Waals surface area contributed by atoms with E-state index in [1.165, 1.54) is 19.3 Å². The van der Waals surface area contributed by atoms with Gasteiger partial charge in [0.25, 0.3) is 0 Å². The second kappa shape index (κ2) is 8.32. The van der Waals surface area contributed by atoms with Gasteiger partial charge in [-0.1, -0.05) is 6.07 Å². The monoisotopic (exact) mass is 341 g/mol. The third-order valence-electron chi connectivity index (χ3n) is 4.10. The number of ether oxygens (including phenoxy) is 1. The minimum Gasteiger partial charge on any atom is -0.497 e. The number of nitrogens with one attached hydrogen (secondary N) is 2. The van der Waals surface area contributed by atoms with Crippen LogP contribution in [0.4, 0.5) is 16.4 Å². The molecule has 7 heteroatoms. The van der Waals surface area contributed by atoms with Gasteiger partial charge in [0.15, 0.2) is 0 Å². The zero-order chi connectivity index (χ0) is 17.5. The maximum Gasteiger partial charge on any atom is 0.319 e. The average molecular weight is 341 g/mol. The largest absolute Gasteiger partial charge is 0.497 e. The van der Waals surface area contributed by atoms with E-state index in [-0.39, 0.29) is 6.03 Å². The fourth-order valence-corrected chi connectivity index (χ4v) is 2.78. The lowest BCUT2D eigenvalue weighted by atomic mass is 10.1. The van der Waals surface area contributed by atoms with Crippen molar-refractivity contribution >= 4 is 17.7 Å². The molecule has 1 aliphatic heterocycles. The average Bonchev–Trinajstić information content (AvgIpc) is 2.67. The van der Waals surface area contributed by atoms with Crippen molar-refractivity contribution in [1.29, 1.82) is 0 Å². The maximum atomic E-state index is 12.1. The van der Waals surface area contributed by atoms with Crippen LogP contribution in [0.3, 0.4) is 0 Å². The number of hydrogen-bond acceptors (Lipinski definition) is 5. The number of carbonyl (C=O) groups is 1. The van der Waals surface area contributed by atoms with Crippen LogP contribution in [-0.4, -0.2) is 36.2 Å². The van der Waals surface area contributed by atoms with Crippen molar-refractivity contribution in [2.24, 2.45) is 0 Å². The van der Waals surface area contributed by atoms with E-state index in [9.17, 15) is 4.79 Å². The van der Waals surface area contributed by atoms with Crippen molar-refractivity contribution in [2.45, 2.75) is 25.8 Å². The summed E-state index contributed by atoms with van der Waals surface area (Å²) in [5.41, 5.74) is 1.46. The van der Waals surface area contributed by atoms with Gasteiger partial charge in [0.05, 0.1) is 19.3 Å². The molecule has 0 radical (unpaired) electrons. The van der Waals surface area contributed by atoms with Crippen LogP contribution in [0.15, 0.2) is 36.5 Å². The summed E-state index contributed by atoms with van der Waals surface area (Å²) in [6.07, 6.45) is 5.36. The molecule has 0 saturated carbocycles. The molecule has 2 amide bonds. The van der Waals surface area contributed by atoms with Crippen molar-refractivity contribution in [1.82, 2.24) is 15.3 Å². The van der Waals surface area contributed by atoms with Crippen molar-refractivity contribution in [3.63, 3.8) is 0 Å². The van der Waals surface area contributed by atoms with Gasteiger partial charge in [0, 0.05) is 31.0 Å². The Hall–Kier alpha value is -2.83. The molecule has 7 nitrogen and oxygen atoms in total. The molecule has 25 heavy (non-hydrogen) atoms. The number of aromatic nitrogens is 2. The van der Waals surface area contributed by atoms with E-state index in [0.29, 0.717) is 18.0 Å². The molecule has 0 atom stereocenters. The molecule has 132 valence electrons. The Bertz CT molecular complexity index is 716. The molecule has 1 aromatic carbocycles. The molecular weight excluding hydrogens is 318 g/mol. The van der Waals surface area contributed by atoms with E-state index < -0.39 is 0 Å². The number of anilines is 2. The molecular formula is C18H23N5O2. The summed E-state index contributed by atoms with van der Waals surface area (Å²) in [7, 11) is 1.59. The molecule has 0 spiro atoms. The minimum absolute atomic E-state index is 0.286. The highest BCUT2D eigenvalue weighted by atomic mass is 16.5. The maximum absolute atomic E-state index is 12.1. The summed E-state index contributed by atoms with van der Waals surface area (Å²) in [6, 6.07) is 8.75. The first-order chi connectivity index (χ1) is 12.2. The molecule has 1 saturated heterocycles.